The van der Waals surface area contributed by atoms with E-state index in [1.165, 1.54) is 19.3 Å². The van der Waals surface area contributed by atoms with Crippen molar-refractivity contribution in [1.82, 2.24) is 0 Å². The highest BCUT2D eigenvalue weighted by molar-refractivity contribution is 7.85. The number of rotatable bonds is 42. The molecule has 0 aromatic carbocycles. The maximum absolute atomic E-state index is 12.9. The first-order chi connectivity index (χ1) is 33.0. The summed E-state index contributed by atoms with van der Waals surface area (Å²) >= 11 is 0. The molecule has 13 heteroatoms. The zero-order valence-corrected chi connectivity index (χ0v) is 42.5. The molecule has 6 unspecified atom stereocenters. The van der Waals surface area contributed by atoms with Gasteiger partial charge in [0.05, 0.1) is 6.61 Å². The number of ether oxygens (including phenoxy) is 4. The molecule has 12 nitrogen and oxygen atoms in total. The molecule has 0 bridgehead atoms. The summed E-state index contributed by atoms with van der Waals surface area (Å²) in [7, 11) is -4.61. The predicted molar refractivity (Wildman–Crippen MR) is 274 cm³/mol. The van der Waals surface area contributed by atoms with Crippen molar-refractivity contribution in [3.05, 3.63) is 97.2 Å². The van der Waals surface area contributed by atoms with Crippen LogP contribution in [0.1, 0.15) is 181 Å². The van der Waals surface area contributed by atoms with Gasteiger partial charge >= 0.3 is 11.9 Å². The van der Waals surface area contributed by atoms with Gasteiger partial charge in [0.25, 0.3) is 10.1 Å². The van der Waals surface area contributed by atoms with Crippen molar-refractivity contribution in [2.75, 3.05) is 19.0 Å². The second-order valence-electron chi connectivity index (χ2n) is 17.4. The summed E-state index contributed by atoms with van der Waals surface area (Å²) in [6, 6.07) is 0. The van der Waals surface area contributed by atoms with Crippen molar-refractivity contribution < 1.29 is 56.8 Å². The topological polar surface area (TPSA) is 186 Å². The van der Waals surface area contributed by atoms with E-state index in [-0.39, 0.29) is 19.4 Å². The van der Waals surface area contributed by atoms with Gasteiger partial charge in [-0.25, -0.2) is 0 Å². The molecule has 1 fully saturated rings. The lowest BCUT2D eigenvalue weighted by atomic mass is 10.00. The smallest absolute Gasteiger partial charge is 0.306 e. The first-order valence-electron chi connectivity index (χ1n) is 25.8. The third-order valence-corrected chi connectivity index (χ3v) is 11.9. The zero-order chi connectivity index (χ0) is 49.8. The van der Waals surface area contributed by atoms with Gasteiger partial charge in [0.2, 0.25) is 0 Å². The second-order valence-corrected chi connectivity index (χ2v) is 18.9. The molecule has 1 heterocycles. The third-order valence-electron chi connectivity index (χ3n) is 11.2. The Labute approximate surface area is 411 Å². The van der Waals surface area contributed by atoms with Crippen molar-refractivity contribution >= 4 is 22.1 Å². The van der Waals surface area contributed by atoms with Crippen molar-refractivity contribution in [3.63, 3.8) is 0 Å². The van der Waals surface area contributed by atoms with Crippen LogP contribution in [0, 0.1) is 0 Å². The van der Waals surface area contributed by atoms with Crippen LogP contribution in [0.5, 0.6) is 0 Å². The Hall–Kier alpha value is -3.43. The molecule has 0 amide bonds. The minimum Gasteiger partial charge on any atom is -0.462 e. The summed E-state index contributed by atoms with van der Waals surface area (Å²) < 4.78 is 54.3. The van der Waals surface area contributed by atoms with Crippen molar-refractivity contribution in [2.45, 2.75) is 218 Å². The molecule has 0 saturated carbocycles. The van der Waals surface area contributed by atoms with E-state index in [4.69, 9.17) is 18.9 Å². The summed E-state index contributed by atoms with van der Waals surface area (Å²) in [5.74, 6) is -2.02. The lowest BCUT2D eigenvalue weighted by molar-refractivity contribution is -0.297. The molecule has 0 aromatic heterocycles. The highest BCUT2D eigenvalue weighted by atomic mass is 32.2. The molecular formula is C55H90O12S. The number of aliphatic hydroxyl groups is 3. The van der Waals surface area contributed by atoms with E-state index in [9.17, 15) is 37.9 Å². The molecule has 68 heavy (non-hydrogen) atoms. The lowest BCUT2D eigenvalue weighted by Gasteiger charge is -2.40. The van der Waals surface area contributed by atoms with E-state index in [1.807, 2.05) is 0 Å². The van der Waals surface area contributed by atoms with Gasteiger partial charge in [0.1, 0.15) is 36.8 Å². The van der Waals surface area contributed by atoms with Crippen LogP contribution in [-0.2, 0) is 38.7 Å². The van der Waals surface area contributed by atoms with E-state index in [2.05, 4.69) is 111 Å². The van der Waals surface area contributed by atoms with Crippen LogP contribution in [0.15, 0.2) is 97.2 Å². The Morgan fingerprint density at radius 1 is 0.500 bits per heavy atom. The molecule has 4 N–H and O–H groups in total. The van der Waals surface area contributed by atoms with Crippen LogP contribution < -0.4 is 0 Å². The molecule has 1 aliphatic rings. The number of esters is 2. The third kappa shape index (κ3) is 37.5. The number of aliphatic hydroxyl groups excluding tert-OH is 3. The van der Waals surface area contributed by atoms with Crippen LogP contribution >= 0.6 is 0 Å². The fourth-order valence-electron chi connectivity index (χ4n) is 7.25. The Balaban J connectivity index is 2.40. The van der Waals surface area contributed by atoms with Crippen LogP contribution in [-0.4, -0.2) is 96.0 Å². The number of hydrogen-bond donors (Lipinski definition) is 4. The predicted octanol–water partition coefficient (Wildman–Crippen LogP) is 11.8. The maximum Gasteiger partial charge on any atom is 0.306 e. The summed E-state index contributed by atoms with van der Waals surface area (Å²) in [4.78, 5) is 25.6. The van der Waals surface area contributed by atoms with Crippen molar-refractivity contribution in [3.8, 4) is 0 Å². The molecule has 1 aliphatic heterocycles. The number of allylic oxidation sites excluding steroid dienone is 16. The summed E-state index contributed by atoms with van der Waals surface area (Å²) in [6.07, 6.45) is 50.1. The maximum atomic E-state index is 12.9. The van der Waals surface area contributed by atoms with Crippen LogP contribution in [0.25, 0.3) is 0 Å². The molecule has 0 radical (unpaired) electrons. The molecule has 1 saturated heterocycles. The molecule has 0 spiro atoms. The largest absolute Gasteiger partial charge is 0.462 e. The van der Waals surface area contributed by atoms with Crippen LogP contribution in [0.3, 0.4) is 0 Å². The summed E-state index contributed by atoms with van der Waals surface area (Å²) in [6.45, 7) is 3.52. The average Bonchev–Trinajstić information content (AvgIpc) is 3.31. The molecule has 0 aromatic rings. The number of carbonyl (C=O) groups is 2. The van der Waals surface area contributed by atoms with Crippen LogP contribution in [0.4, 0.5) is 0 Å². The fraction of sp³-hybridized carbons (Fsp3) is 0.673. The van der Waals surface area contributed by atoms with Crippen molar-refractivity contribution in [2.24, 2.45) is 0 Å². The van der Waals surface area contributed by atoms with Gasteiger partial charge < -0.3 is 34.3 Å². The molecule has 6 atom stereocenters. The SMILES string of the molecule is CC/C=C\C/C=C\C/C=C\C/C=C\CCCCCCCCCCC(=O)OC(COC(=O)CCCCCCCC/C=C\C/C=C\C/C=C\C/C=C\CC)COC1OC(CS(=O)(=O)O)C(O)C(O)C1O. The number of carbonyl (C=O) groups excluding carboxylic acids is 2. The second kappa shape index (κ2) is 43.6. The quantitative estimate of drug-likeness (QED) is 0.0197. The van der Waals surface area contributed by atoms with E-state index in [0.29, 0.717) is 12.8 Å². The van der Waals surface area contributed by atoms with Crippen molar-refractivity contribution in [1.29, 1.82) is 0 Å². The van der Waals surface area contributed by atoms with Crippen LogP contribution in [0.2, 0.25) is 0 Å². The zero-order valence-electron chi connectivity index (χ0n) is 41.7. The first-order valence-corrected chi connectivity index (χ1v) is 27.4. The molecular weight excluding hydrogens is 885 g/mol. The fourth-order valence-corrected chi connectivity index (χ4v) is 7.94. The monoisotopic (exact) mass is 975 g/mol. The Morgan fingerprint density at radius 2 is 0.882 bits per heavy atom. The molecule has 388 valence electrons. The average molecular weight is 975 g/mol. The Morgan fingerprint density at radius 3 is 1.31 bits per heavy atom. The first kappa shape index (κ1) is 62.6. The normalized spacial score (nSPS) is 20.0. The summed E-state index contributed by atoms with van der Waals surface area (Å²) in [5.41, 5.74) is 0. The van der Waals surface area contributed by atoms with E-state index in [0.717, 1.165) is 122 Å². The van der Waals surface area contributed by atoms with Gasteiger partial charge in [-0.2, -0.15) is 8.42 Å². The van der Waals surface area contributed by atoms with Gasteiger partial charge in [-0.1, -0.05) is 175 Å². The van der Waals surface area contributed by atoms with E-state index >= 15 is 0 Å². The minimum atomic E-state index is -4.61. The Bertz CT molecular complexity index is 1610. The molecule has 0 aliphatic carbocycles. The van der Waals surface area contributed by atoms with Gasteiger partial charge in [-0.15, -0.1) is 0 Å². The standard InChI is InChI=1S/C55H90O12S/c1-3-5-7-9-11-13-15-17-19-21-23-24-26-28-30-32-34-36-38-40-42-44-51(57)66-48(46-65-55-54(60)53(59)52(58)49(67-55)47-68(61,62)63)45-64-50(56)43-41-39-37-35-33-31-29-27-25-22-20-18-16-14-12-10-8-6-4-2/h5-8,11-14,17-20,23-25,27,48-49,52-55,58-60H,3-4,9-10,15-16,21-22,26,28-47H2,1-2H3,(H,61,62,63)/b7-5-,8-6-,13-11-,14-12-,19-17-,20-18-,24-23-,27-25-. The highest BCUT2D eigenvalue weighted by Gasteiger charge is 2.46. The number of hydrogen-bond acceptors (Lipinski definition) is 11. The van der Waals surface area contributed by atoms with E-state index < -0.39 is 71.2 Å². The Kier molecular flexibility index (Phi) is 40.1. The van der Waals surface area contributed by atoms with E-state index in [1.54, 1.807) is 0 Å². The highest BCUT2D eigenvalue weighted by Crippen LogP contribution is 2.24. The van der Waals surface area contributed by atoms with Gasteiger partial charge in [-0.3, -0.25) is 14.1 Å². The molecule has 1 rings (SSSR count). The number of unbranched alkanes of at least 4 members (excludes halogenated alkanes) is 14. The van der Waals surface area contributed by atoms with Gasteiger partial charge in [0, 0.05) is 12.8 Å². The van der Waals surface area contributed by atoms with Gasteiger partial charge in [0.15, 0.2) is 12.4 Å². The summed E-state index contributed by atoms with van der Waals surface area (Å²) in [5, 5.41) is 31.0. The lowest BCUT2D eigenvalue weighted by Crippen LogP contribution is -2.60. The van der Waals surface area contributed by atoms with Gasteiger partial charge in [-0.05, 0) is 89.9 Å². The minimum absolute atomic E-state index is 0.145.